The second-order valence-electron chi connectivity index (χ2n) is 3.33. The van der Waals surface area contributed by atoms with Crippen molar-refractivity contribution >= 4 is 38.9 Å². The maximum atomic E-state index is 6.08. The van der Waals surface area contributed by atoms with Crippen LogP contribution in [-0.4, -0.2) is 9.97 Å². The molecule has 5 heteroatoms. The van der Waals surface area contributed by atoms with E-state index in [1.165, 1.54) is 0 Å². The van der Waals surface area contributed by atoms with Gasteiger partial charge in [0.2, 0.25) is 0 Å². The molecule has 0 N–H and O–H groups in total. The van der Waals surface area contributed by atoms with Gasteiger partial charge in [-0.2, -0.15) is 0 Å². The Balaban J connectivity index is 2.48. The van der Waals surface area contributed by atoms with Crippen LogP contribution < -0.4 is 0 Å². The zero-order valence-corrected chi connectivity index (χ0v) is 11.9. The van der Waals surface area contributed by atoms with E-state index in [4.69, 9.17) is 11.6 Å². The van der Waals surface area contributed by atoms with Crippen LogP contribution in [0.4, 0.5) is 0 Å². The van der Waals surface area contributed by atoms with Gasteiger partial charge >= 0.3 is 0 Å². The monoisotopic (exact) mass is 316 g/mol. The van der Waals surface area contributed by atoms with E-state index in [9.17, 15) is 0 Å². The summed E-state index contributed by atoms with van der Waals surface area (Å²) in [5.74, 6) is 0.714. The molecule has 0 unspecified atom stereocenters. The predicted octanol–water partition coefficient (Wildman–Crippen LogP) is 4.57. The Kier molecular flexibility index (Phi) is 3.95. The molecule has 0 saturated heterocycles. The highest BCUT2D eigenvalue weighted by molar-refractivity contribution is 9.10. The molecule has 0 aliphatic carbocycles. The van der Waals surface area contributed by atoms with Gasteiger partial charge in [-0.3, -0.25) is 0 Å². The van der Waals surface area contributed by atoms with Crippen LogP contribution in [0.15, 0.2) is 22.0 Å². The van der Waals surface area contributed by atoms with Crippen molar-refractivity contribution in [2.24, 2.45) is 0 Å². The van der Waals surface area contributed by atoms with E-state index >= 15 is 0 Å². The van der Waals surface area contributed by atoms with Crippen LogP contribution in [0.25, 0.3) is 10.7 Å². The second kappa shape index (κ2) is 5.25. The fraction of sp³-hybridized carbons (Fsp3) is 0.273. The summed E-state index contributed by atoms with van der Waals surface area (Å²) >= 11 is 11.1. The molecule has 2 aromatic heterocycles. The molecule has 0 saturated carbocycles. The topological polar surface area (TPSA) is 25.8 Å². The third-order valence-electron chi connectivity index (χ3n) is 2.11. The van der Waals surface area contributed by atoms with E-state index in [0.717, 1.165) is 27.9 Å². The van der Waals surface area contributed by atoms with Crippen molar-refractivity contribution in [3.8, 4) is 10.7 Å². The highest BCUT2D eigenvalue weighted by atomic mass is 79.9. The van der Waals surface area contributed by atoms with Gasteiger partial charge in [-0.15, -0.1) is 11.3 Å². The van der Waals surface area contributed by atoms with Gasteiger partial charge in [-0.25, -0.2) is 9.97 Å². The molecule has 0 spiro atoms. The van der Waals surface area contributed by atoms with Crippen LogP contribution in [0.3, 0.4) is 0 Å². The van der Waals surface area contributed by atoms with Crippen LogP contribution in [0.5, 0.6) is 0 Å². The molecule has 0 bridgehead atoms. The number of hydrogen-bond donors (Lipinski definition) is 0. The van der Waals surface area contributed by atoms with Crippen molar-refractivity contribution in [2.45, 2.75) is 19.8 Å². The van der Waals surface area contributed by atoms with Crippen LogP contribution in [0, 0.1) is 0 Å². The molecule has 0 fully saturated rings. The minimum Gasteiger partial charge on any atom is -0.231 e. The molecule has 0 aliphatic heterocycles. The number of hydrogen-bond acceptors (Lipinski definition) is 3. The number of nitrogens with zero attached hydrogens (tertiary/aromatic N) is 2. The summed E-state index contributed by atoms with van der Waals surface area (Å²) in [4.78, 5) is 9.86. The summed E-state index contributed by atoms with van der Waals surface area (Å²) < 4.78 is 0.816. The molecule has 84 valence electrons. The van der Waals surface area contributed by atoms with Crippen molar-refractivity contribution in [3.63, 3.8) is 0 Å². The predicted molar refractivity (Wildman–Crippen MR) is 72.1 cm³/mol. The first-order valence-electron chi connectivity index (χ1n) is 4.98. The highest BCUT2D eigenvalue weighted by Crippen LogP contribution is 2.29. The Hall–Kier alpha value is -0.450. The summed E-state index contributed by atoms with van der Waals surface area (Å²) in [5, 5.41) is 2.50. The third-order valence-corrected chi connectivity index (χ3v) is 4.31. The van der Waals surface area contributed by atoms with Crippen molar-refractivity contribution in [1.82, 2.24) is 9.97 Å². The average Bonchev–Trinajstić information content (AvgIpc) is 2.78. The van der Waals surface area contributed by atoms with Crippen molar-refractivity contribution in [1.29, 1.82) is 0 Å². The average molecular weight is 318 g/mol. The Labute approximate surface area is 112 Å². The van der Waals surface area contributed by atoms with Gasteiger partial charge in [0.15, 0.2) is 5.82 Å². The lowest BCUT2D eigenvalue weighted by Gasteiger charge is -2.05. The van der Waals surface area contributed by atoms with E-state index in [2.05, 4.69) is 32.8 Å². The van der Waals surface area contributed by atoms with Gasteiger partial charge in [0.05, 0.1) is 15.0 Å². The van der Waals surface area contributed by atoms with E-state index in [1.54, 1.807) is 11.3 Å². The van der Waals surface area contributed by atoms with Crippen molar-refractivity contribution in [3.05, 3.63) is 32.8 Å². The Bertz CT molecular complexity index is 485. The largest absolute Gasteiger partial charge is 0.231 e. The zero-order valence-electron chi connectivity index (χ0n) is 8.70. The van der Waals surface area contributed by atoms with Crippen molar-refractivity contribution < 1.29 is 0 Å². The van der Waals surface area contributed by atoms with Gasteiger partial charge < -0.3 is 0 Å². The molecule has 0 aliphatic rings. The van der Waals surface area contributed by atoms with Crippen LogP contribution in [-0.2, 0) is 6.42 Å². The molecule has 0 radical (unpaired) electrons. The summed E-state index contributed by atoms with van der Waals surface area (Å²) in [6, 6.07) is 3.98. The quantitative estimate of drug-likeness (QED) is 0.775. The van der Waals surface area contributed by atoms with E-state index < -0.39 is 0 Å². The SMILES string of the molecule is CCCc1nc(-c2cccs2)nc(Cl)c1Br. The van der Waals surface area contributed by atoms with Crippen LogP contribution >= 0.6 is 38.9 Å². The molecule has 2 rings (SSSR count). The van der Waals surface area contributed by atoms with Crippen LogP contribution in [0.1, 0.15) is 19.0 Å². The standard InChI is InChI=1S/C11H10BrClN2S/c1-2-4-7-9(12)10(13)15-11(14-7)8-5-3-6-16-8/h3,5-6H,2,4H2,1H3. The lowest BCUT2D eigenvalue weighted by Crippen LogP contribution is -1.97. The molecule has 2 heterocycles. The second-order valence-corrected chi connectivity index (χ2v) is 5.42. The maximum Gasteiger partial charge on any atom is 0.171 e. The van der Waals surface area contributed by atoms with E-state index in [-0.39, 0.29) is 0 Å². The number of aromatic nitrogens is 2. The van der Waals surface area contributed by atoms with Gasteiger partial charge in [-0.1, -0.05) is 31.0 Å². The number of aryl methyl sites for hydroxylation is 1. The third kappa shape index (κ3) is 2.44. The highest BCUT2D eigenvalue weighted by Gasteiger charge is 2.11. The lowest BCUT2D eigenvalue weighted by molar-refractivity contribution is 0.868. The first kappa shape index (κ1) is 12.0. The minimum absolute atomic E-state index is 0.488. The molecule has 16 heavy (non-hydrogen) atoms. The zero-order chi connectivity index (χ0) is 11.5. The Morgan fingerprint density at radius 2 is 2.25 bits per heavy atom. The fourth-order valence-electron chi connectivity index (χ4n) is 1.38. The first-order chi connectivity index (χ1) is 7.72. The first-order valence-corrected chi connectivity index (χ1v) is 7.03. The Morgan fingerprint density at radius 3 is 2.88 bits per heavy atom. The summed E-state index contributed by atoms with van der Waals surface area (Å²) in [5.41, 5.74) is 0.978. The smallest absolute Gasteiger partial charge is 0.171 e. The molecule has 0 amide bonds. The van der Waals surface area contributed by atoms with E-state index in [1.807, 2.05) is 17.5 Å². The van der Waals surface area contributed by atoms with Gasteiger partial charge in [0.1, 0.15) is 5.15 Å². The lowest BCUT2D eigenvalue weighted by atomic mass is 10.2. The summed E-state index contributed by atoms with van der Waals surface area (Å²) in [6.45, 7) is 2.12. The summed E-state index contributed by atoms with van der Waals surface area (Å²) in [6.07, 6.45) is 1.94. The molecular formula is C11H10BrClN2S. The maximum absolute atomic E-state index is 6.08. The van der Waals surface area contributed by atoms with Gasteiger partial charge in [0, 0.05) is 0 Å². The molecule has 0 aromatic carbocycles. The normalized spacial score (nSPS) is 10.7. The molecule has 0 atom stereocenters. The number of halogens is 2. The molecular weight excluding hydrogens is 308 g/mol. The fourth-order valence-corrected chi connectivity index (χ4v) is 2.60. The Morgan fingerprint density at radius 1 is 1.44 bits per heavy atom. The minimum atomic E-state index is 0.488. The van der Waals surface area contributed by atoms with Gasteiger partial charge in [-0.05, 0) is 33.8 Å². The van der Waals surface area contributed by atoms with Crippen LogP contribution in [0.2, 0.25) is 5.15 Å². The molecule has 2 aromatic rings. The number of rotatable bonds is 3. The van der Waals surface area contributed by atoms with E-state index in [0.29, 0.717) is 11.0 Å². The van der Waals surface area contributed by atoms with Gasteiger partial charge in [0.25, 0.3) is 0 Å². The van der Waals surface area contributed by atoms with Crippen molar-refractivity contribution in [2.75, 3.05) is 0 Å². The molecule has 2 nitrogen and oxygen atoms in total. The number of thiophene rings is 1. The summed E-state index contributed by atoms with van der Waals surface area (Å²) in [7, 11) is 0.